The standard InChI is InChI=1S/C11H17N3/c1-3-10(9-12-6-1)5-8-14-11-4-2-7-13-11/h1,3,6,9,11,13-14H,2,4-5,7-8H2. The predicted molar refractivity (Wildman–Crippen MR) is 57.0 cm³/mol. The van der Waals surface area contributed by atoms with Gasteiger partial charge in [-0.05, 0) is 37.4 Å². The topological polar surface area (TPSA) is 37.0 Å². The highest BCUT2D eigenvalue weighted by Crippen LogP contribution is 2.02. The van der Waals surface area contributed by atoms with Crippen LogP contribution in [0.25, 0.3) is 0 Å². The highest BCUT2D eigenvalue weighted by Gasteiger charge is 2.11. The van der Waals surface area contributed by atoms with Gasteiger partial charge < -0.3 is 10.6 Å². The van der Waals surface area contributed by atoms with Crippen LogP contribution in [-0.4, -0.2) is 24.2 Å². The molecule has 2 heterocycles. The molecule has 76 valence electrons. The molecule has 1 unspecified atom stereocenters. The molecule has 2 rings (SSSR count). The molecule has 0 bridgehead atoms. The second kappa shape index (κ2) is 5.08. The Bertz CT molecular complexity index is 254. The molecule has 1 aromatic rings. The Labute approximate surface area is 84.9 Å². The Balaban J connectivity index is 1.67. The summed E-state index contributed by atoms with van der Waals surface area (Å²) in [4.78, 5) is 4.09. The number of rotatable bonds is 4. The minimum atomic E-state index is 0.534. The van der Waals surface area contributed by atoms with Crippen LogP contribution in [0.15, 0.2) is 24.5 Å². The van der Waals surface area contributed by atoms with Crippen molar-refractivity contribution in [3.05, 3.63) is 30.1 Å². The third-order valence-corrected chi connectivity index (χ3v) is 2.59. The molecule has 0 aliphatic carbocycles. The van der Waals surface area contributed by atoms with Gasteiger partial charge in [0.15, 0.2) is 0 Å². The number of hydrogen-bond acceptors (Lipinski definition) is 3. The lowest BCUT2D eigenvalue weighted by molar-refractivity contribution is 0.486. The molecule has 0 spiro atoms. The second-order valence-corrected chi connectivity index (χ2v) is 3.71. The van der Waals surface area contributed by atoms with E-state index in [2.05, 4.69) is 21.7 Å². The summed E-state index contributed by atoms with van der Waals surface area (Å²) in [7, 11) is 0. The van der Waals surface area contributed by atoms with Crippen molar-refractivity contribution in [2.75, 3.05) is 13.1 Å². The summed E-state index contributed by atoms with van der Waals surface area (Å²) in [5.41, 5.74) is 1.30. The number of pyridine rings is 1. The van der Waals surface area contributed by atoms with E-state index in [1.165, 1.54) is 18.4 Å². The normalized spacial score (nSPS) is 21.3. The van der Waals surface area contributed by atoms with Crippen molar-refractivity contribution in [1.29, 1.82) is 0 Å². The fraction of sp³-hybridized carbons (Fsp3) is 0.545. The average molecular weight is 191 g/mol. The molecular weight excluding hydrogens is 174 g/mol. The fourth-order valence-electron chi connectivity index (χ4n) is 1.80. The zero-order valence-electron chi connectivity index (χ0n) is 8.37. The molecule has 0 saturated carbocycles. The van der Waals surface area contributed by atoms with Gasteiger partial charge in [0.25, 0.3) is 0 Å². The summed E-state index contributed by atoms with van der Waals surface area (Å²) in [6.07, 6.45) is 7.90. The zero-order chi connectivity index (χ0) is 9.64. The maximum atomic E-state index is 4.09. The van der Waals surface area contributed by atoms with Crippen molar-refractivity contribution >= 4 is 0 Å². The van der Waals surface area contributed by atoms with E-state index in [9.17, 15) is 0 Å². The minimum absolute atomic E-state index is 0.534. The fourth-order valence-corrected chi connectivity index (χ4v) is 1.80. The van der Waals surface area contributed by atoms with E-state index in [4.69, 9.17) is 0 Å². The SMILES string of the molecule is c1cncc(CCNC2CCCN2)c1. The first kappa shape index (κ1) is 9.62. The molecule has 3 nitrogen and oxygen atoms in total. The van der Waals surface area contributed by atoms with Gasteiger partial charge in [-0.15, -0.1) is 0 Å². The Kier molecular flexibility index (Phi) is 3.49. The van der Waals surface area contributed by atoms with Crippen molar-refractivity contribution < 1.29 is 0 Å². The van der Waals surface area contributed by atoms with E-state index < -0.39 is 0 Å². The van der Waals surface area contributed by atoms with Crippen LogP contribution < -0.4 is 10.6 Å². The maximum absolute atomic E-state index is 4.09. The minimum Gasteiger partial charge on any atom is -0.302 e. The van der Waals surface area contributed by atoms with Gasteiger partial charge in [-0.2, -0.15) is 0 Å². The quantitative estimate of drug-likeness (QED) is 0.743. The van der Waals surface area contributed by atoms with Gasteiger partial charge in [0.05, 0.1) is 6.17 Å². The molecule has 0 amide bonds. The Morgan fingerprint density at radius 1 is 1.57 bits per heavy atom. The van der Waals surface area contributed by atoms with Crippen molar-refractivity contribution in [3.8, 4) is 0 Å². The van der Waals surface area contributed by atoms with Crippen LogP contribution in [0.4, 0.5) is 0 Å². The Morgan fingerprint density at radius 2 is 2.57 bits per heavy atom. The lowest BCUT2D eigenvalue weighted by atomic mass is 10.2. The van der Waals surface area contributed by atoms with Crippen molar-refractivity contribution in [1.82, 2.24) is 15.6 Å². The van der Waals surface area contributed by atoms with Gasteiger partial charge >= 0.3 is 0 Å². The molecule has 0 aromatic carbocycles. The summed E-state index contributed by atoms with van der Waals surface area (Å²) in [6.45, 7) is 2.19. The summed E-state index contributed by atoms with van der Waals surface area (Å²) < 4.78 is 0. The number of aromatic nitrogens is 1. The van der Waals surface area contributed by atoms with Crippen LogP contribution in [0, 0.1) is 0 Å². The van der Waals surface area contributed by atoms with E-state index in [0.717, 1.165) is 19.5 Å². The lowest BCUT2D eigenvalue weighted by Gasteiger charge is -2.11. The van der Waals surface area contributed by atoms with Crippen molar-refractivity contribution in [2.45, 2.75) is 25.4 Å². The van der Waals surface area contributed by atoms with Crippen LogP contribution in [0.3, 0.4) is 0 Å². The molecule has 2 N–H and O–H groups in total. The van der Waals surface area contributed by atoms with Crippen LogP contribution in [0.1, 0.15) is 18.4 Å². The summed E-state index contributed by atoms with van der Waals surface area (Å²) >= 11 is 0. The van der Waals surface area contributed by atoms with Gasteiger partial charge in [0.1, 0.15) is 0 Å². The maximum Gasteiger partial charge on any atom is 0.0572 e. The molecule has 1 saturated heterocycles. The molecule has 1 aromatic heterocycles. The van der Waals surface area contributed by atoms with E-state index in [1.54, 1.807) is 0 Å². The molecular formula is C11H17N3. The average Bonchev–Trinajstić information content (AvgIpc) is 2.72. The molecule has 1 aliphatic heterocycles. The zero-order valence-corrected chi connectivity index (χ0v) is 8.37. The first-order chi connectivity index (χ1) is 6.95. The van der Waals surface area contributed by atoms with E-state index in [-0.39, 0.29) is 0 Å². The number of nitrogens with one attached hydrogen (secondary N) is 2. The van der Waals surface area contributed by atoms with Gasteiger partial charge in [0, 0.05) is 18.9 Å². The molecule has 1 fully saturated rings. The Hall–Kier alpha value is -0.930. The number of nitrogens with zero attached hydrogens (tertiary/aromatic N) is 1. The van der Waals surface area contributed by atoms with E-state index >= 15 is 0 Å². The monoisotopic (exact) mass is 191 g/mol. The summed E-state index contributed by atoms with van der Waals surface area (Å²) in [5, 5.41) is 6.91. The van der Waals surface area contributed by atoms with E-state index in [0.29, 0.717) is 6.17 Å². The highest BCUT2D eigenvalue weighted by atomic mass is 15.1. The van der Waals surface area contributed by atoms with Crippen LogP contribution in [0.5, 0.6) is 0 Å². The molecule has 1 atom stereocenters. The van der Waals surface area contributed by atoms with Crippen molar-refractivity contribution in [3.63, 3.8) is 0 Å². The summed E-state index contributed by atoms with van der Waals surface area (Å²) in [5.74, 6) is 0. The van der Waals surface area contributed by atoms with Crippen LogP contribution in [-0.2, 0) is 6.42 Å². The van der Waals surface area contributed by atoms with Crippen LogP contribution in [0.2, 0.25) is 0 Å². The molecule has 14 heavy (non-hydrogen) atoms. The molecule has 0 radical (unpaired) electrons. The van der Waals surface area contributed by atoms with Gasteiger partial charge in [-0.25, -0.2) is 0 Å². The third kappa shape index (κ3) is 2.79. The van der Waals surface area contributed by atoms with Gasteiger partial charge in [-0.3, -0.25) is 4.98 Å². The van der Waals surface area contributed by atoms with Crippen LogP contribution >= 0.6 is 0 Å². The highest BCUT2D eigenvalue weighted by molar-refractivity contribution is 5.08. The predicted octanol–water partition coefficient (Wildman–Crippen LogP) is 0.923. The first-order valence-corrected chi connectivity index (χ1v) is 5.31. The third-order valence-electron chi connectivity index (χ3n) is 2.59. The Morgan fingerprint density at radius 3 is 3.29 bits per heavy atom. The van der Waals surface area contributed by atoms with E-state index in [1.807, 2.05) is 18.5 Å². The first-order valence-electron chi connectivity index (χ1n) is 5.31. The summed E-state index contributed by atoms with van der Waals surface area (Å²) in [6, 6.07) is 4.11. The number of hydrogen-bond donors (Lipinski definition) is 2. The lowest BCUT2D eigenvalue weighted by Crippen LogP contribution is -2.38. The van der Waals surface area contributed by atoms with Gasteiger partial charge in [0.2, 0.25) is 0 Å². The largest absolute Gasteiger partial charge is 0.302 e. The van der Waals surface area contributed by atoms with Gasteiger partial charge in [-0.1, -0.05) is 6.07 Å². The molecule has 1 aliphatic rings. The van der Waals surface area contributed by atoms with Crippen molar-refractivity contribution in [2.24, 2.45) is 0 Å². The smallest absolute Gasteiger partial charge is 0.0572 e. The molecule has 3 heteroatoms. The second-order valence-electron chi connectivity index (χ2n) is 3.71.